The topological polar surface area (TPSA) is 81.2 Å². The summed E-state index contributed by atoms with van der Waals surface area (Å²) in [6.07, 6.45) is 0. The number of anilines is 2. The van der Waals surface area contributed by atoms with E-state index < -0.39 is 4.92 Å². The van der Waals surface area contributed by atoms with E-state index in [0.717, 1.165) is 5.69 Å². The number of para-hydroxylation sites is 3. The van der Waals surface area contributed by atoms with Gasteiger partial charge in [-0.1, -0.05) is 30.3 Å². The number of nitrogens with one attached hydrogen (secondary N) is 1. The minimum atomic E-state index is -0.419. The lowest BCUT2D eigenvalue weighted by Crippen LogP contribution is -1.97. The van der Waals surface area contributed by atoms with Crippen LogP contribution in [0.15, 0.2) is 77.2 Å². The maximum Gasteiger partial charge on any atom is 0.293 e. The van der Waals surface area contributed by atoms with Crippen LogP contribution in [0.3, 0.4) is 0 Å². The molecular formula is C19H13N3O3. The lowest BCUT2D eigenvalue weighted by atomic mass is 10.1. The highest BCUT2D eigenvalue weighted by Crippen LogP contribution is 2.33. The van der Waals surface area contributed by atoms with Gasteiger partial charge in [0.2, 0.25) is 5.89 Å². The molecule has 1 heterocycles. The summed E-state index contributed by atoms with van der Waals surface area (Å²) < 4.78 is 5.69. The molecule has 6 nitrogen and oxygen atoms in total. The van der Waals surface area contributed by atoms with Gasteiger partial charge in [0.15, 0.2) is 5.58 Å². The summed E-state index contributed by atoms with van der Waals surface area (Å²) >= 11 is 0. The number of nitro groups is 1. The van der Waals surface area contributed by atoms with Crippen LogP contribution in [-0.2, 0) is 0 Å². The normalized spacial score (nSPS) is 10.7. The quantitative estimate of drug-likeness (QED) is 0.413. The molecule has 1 aromatic heterocycles. The Hall–Kier alpha value is -3.67. The average Bonchev–Trinajstić information content (AvgIpc) is 3.07. The van der Waals surface area contributed by atoms with Gasteiger partial charge in [0.05, 0.1) is 4.92 Å². The first kappa shape index (κ1) is 14.9. The van der Waals surface area contributed by atoms with Gasteiger partial charge in [0, 0.05) is 17.3 Å². The summed E-state index contributed by atoms with van der Waals surface area (Å²) in [4.78, 5) is 15.5. The predicted molar refractivity (Wildman–Crippen MR) is 95.8 cm³/mol. The van der Waals surface area contributed by atoms with E-state index in [1.54, 1.807) is 12.1 Å². The van der Waals surface area contributed by atoms with Gasteiger partial charge in [-0.2, -0.15) is 0 Å². The van der Waals surface area contributed by atoms with Crippen LogP contribution >= 0.6 is 0 Å². The van der Waals surface area contributed by atoms with Crippen LogP contribution in [0.1, 0.15) is 0 Å². The Morgan fingerprint density at radius 3 is 2.48 bits per heavy atom. The van der Waals surface area contributed by atoms with Crippen LogP contribution in [-0.4, -0.2) is 9.91 Å². The molecule has 1 N–H and O–H groups in total. The maximum atomic E-state index is 11.5. The molecule has 122 valence electrons. The van der Waals surface area contributed by atoms with E-state index in [0.29, 0.717) is 28.2 Å². The van der Waals surface area contributed by atoms with Gasteiger partial charge in [-0.3, -0.25) is 10.1 Å². The number of oxazole rings is 1. The van der Waals surface area contributed by atoms with Crippen LogP contribution in [0, 0.1) is 10.1 Å². The minimum absolute atomic E-state index is 0.0383. The van der Waals surface area contributed by atoms with E-state index in [4.69, 9.17) is 4.42 Å². The van der Waals surface area contributed by atoms with Crippen molar-refractivity contribution in [3.05, 3.63) is 82.9 Å². The highest BCUT2D eigenvalue weighted by molar-refractivity contribution is 5.78. The van der Waals surface area contributed by atoms with Crippen molar-refractivity contribution in [2.24, 2.45) is 0 Å². The average molecular weight is 331 g/mol. The van der Waals surface area contributed by atoms with Crippen molar-refractivity contribution < 1.29 is 9.34 Å². The molecule has 0 saturated carbocycles. The maximum absolute atomic E-state index is 11.5. The number of rotatable bonds is 4. The first-order valence-electron chi connectivity index (χ1n) is 7.67. The number of aromatic nitrogens is 1. The molecule has 25 heavy (non-hydrogen) atoms. The fourth-order valence-corrected chi connectivity index (χ4v) is 2.59. The first-order chi connectivity index (χ1) is 12.2. The van der Waals surface area contributed by atoms with Crippen molar-refractivity contribution in [2.75, 3.05) is 5.32 Å². The van der Waals surface area contributed by atoms with Crippen LogP contribution < -0.4 is 5.32 Å². The highest BCUT2D eigenvalue weighted by atomic mass is 16.6. The smallest absolute Gasteiger partial charge is 0.293 e. The van der Waals surface area contributed by atoms with Crippen LogP contribution in [0.2, 0.25) is 0 Å². The van der Waals surface area contributed by atoms with Gasteiger partial charge in [-0.05, 0) is 36.4 Å². The van der Waals surface area contributed by atoms with E-state index >= 15 is 0 Å². The molecule has 0 saturated heterocycles. The molecule has 0 aliphatic rings. The van der Waals surface area contributed by atoms with E-state index in [-0.39, 0.29) is 5.69 Å². The Kier molecular flexibility index (Phi) is 3.63. The van der Waals surface area contributed by atoms with Crippen LogP contribution in [0.25, 0.3) is 22.6 Å². The summed E-state index contributed by atoms with van der Waals surface area (Å²) in [6, 6.07) is 21.5. The van der Waals surface area contributed by atoms with Crippen molar-refractivity contribution in [3.8, 4) is 11.5 Å². The molecule has 4 rings (SSSR count). The molecule has 0 radical (unpaired) electrons. The molecule has 0 fully saturated rings. The molecule has 3 aromatic carbocycles. The second kappa shape index (κ2) is 6.09. The van der Waals surface area contributed by atoms with Gasteiger partial charge in [0.25, 0.3) is 5.69 Å². The summed E-state index contributed by atoms with van der Waals surface area (Å²) in [7, 11) is 0. The first-order valence-corrected chi connectivity index (χ1v) is 7.67. The molecule has 0 aliphatic carbocycles. The molecule has 0 amide bonds. The number of nitrogens with zero attached hydrogens (tertiary/aromatic N) is 2. The highest BCUT2D eigenvalue weighted by Gasteiger charge is 2.18. The van der Waals surface area contributed by atoms with Gasteiger partial charge < -0.3 is 9.73 Å². The lowest BCUT2D eigenvalue weighted by Gasteiger charge is -2.07. The van der Waals surface area contributed by atoms with Gasteiger partial charge in [-0.15, -0.1) is 0 Å². The van der Waals surface area contributed by atoms with Crippen molar-refractivity contribution >= 4 is 28.2 Å². The van der Waals surface area contributed by atoms with Crippen molar-refractivity contribution in [1.82, 2.24) is 4.98 Å². The van der Waals surface area contributed by atoms with Gasteiger partial charge in [-0.25, -0.2) is 4.98 Å². The minimum Gasteiger partial charge on any atom is -0.436 e. The van der Waals surface area contributed by atoms with E-state index in [9.17, 15) is 10.1 Å². The van der Waals surface area contributed by atoms with Crippen LogP contribution in [0.5, 0.6) is 0 Å². The fourth-order valence-electron chi connectivity index (χ4n) is 2.59. The third kappa shape index (κ3) is 2.92. The van der Waals surface area contributed by atoms with E-state index in [2.05, 4.69) is 10.3 Å². The van der Waals surface area contributed by atoms with Crippen LogP contribution in [0.4, 0.5) is 17.1 Å². The molecule has 0 spiro atoms. The van der Waals surface area contributed by atoms with E-state index in [1.165, 1.54) is 6.07 Å². The Morgan fingerprint density at radius 1 is 0.960 bits per heavy atom. The number of hydrogen-bond acceptors (Lipinski definition) is 5. The predicted octanol–water partition coefficient (Wildman–Crippen LogP) is 5.15. The van der Waals surface area contributed by atoms with Gasteiger partial charge in [0.1, 0.15) is 11.2 Å². The third-order valence-corrected chi connectivity index (χ3v) is 3.79. The molecule has 0 aliphatic heterocycles. The number of fused-ring (bicyclic) bond motifs is 1. The second-order valence-electron chi connectivity index (χ2n) is 5.47. The van der Waals surface area contributed by atoms with Gasteiger partial charge >= 0.3 is 0 Å². The largest absolute Gasteiger partial charge is 0.436 e. The Morgan fingerprint density at radius 2 is 1.72 bits per heavy atom. The SMILES string of the molecule is O=[N+]([O-])c1cc(-c2nc3ccccc3o2)ccc1Nc1ccccc1. The summed E-state index contributed by atoms with van der Waals surface area (Å²) in [5, 5.41) is 14.5. The summed E-state index contributed by atoms with van der Waals surface area (Å²) in [6.45, 7) is 0. The molecular weight excluding hydrogens is 318 g/mol. The van der Waals surface area contributed by atoms with Crippen molar-refractivity contribution in [2.45, 2.75) is 0 Å². The number of hydrogen-bond donors (Lipinski definition) is 1. The standard InChI is InChI=1S/C19H13N3O3/c23-22(24)17-12-13(19-21-16-8-4-5-9-18(16)25-19)10-11-15(17)20-14-6-2-1-3-7-14/h1-12,20H. The van der Waals surface area contributed by atoms with E-state index in [1.807, 2.05) is 54.6 Å². The number of nitro benzene ring substituents is 1. The zero-order valence-electron chi connectivity index (χ0n) is 13.0. The Balaban J connectivity index is 1.75. The summed E-state index contributed by atoms with van der Waals surface area (Å²) in [5.41, 5.74) is 3.07. The Labute approximate surface area is 142 Å². The zero-order chi connectivity index (χ0) is 17.2. The zero-order valence-corrected chi connectivity index (χ0v) is 13.0. The molecule has 0 bridgehead atoms. The molecule has 4 aromatic rings. The molecule has 6 heteroatoms. The lowest BCUT2D eigenvalue weighted by molar-refractivity contribution is -0.383. The molecule has 0 unspecified atom stereocenters. The third-order valence-electron chi connectivity index (χ3n) is 3.79. The monoisotopic (exact) mass is 331 g/mol. The van der Waals surface area contributed by atoms with Crippen molar-refractivity contribution in [1.29, 1.82) is 0 Å². The fraction of sp³-hybridized carbons (Fsp3) is 0. The summed E-state index contributed by atoms with van der Waals surface area (Å²) in [5.74, 6) is 0.357. The number of benzene rings is 3. The Bertz CT molecular complexity index is 1020. The second-order valence-corrected chi connectivity index (χ2v) is 5.47. The molecule has 0 atom stereocenters. The van der Waals surface area contributed by atoms with Crippen molar-refractivity contribution in [3.63, 3.8) is 0 Å².